The van der Waals surface area contributed by atoms with Gasteiger partial charge < -0.3 is 22.3 Å². The highest BCUT2D eigenvalue weighted by Crippen LogP contribution is 1.94. The Balaban J connectivity index is 4.90. The summed E-state index contributed by atoms with van der Waals surface area (Å²) >= 11 is 0. The molecule has 0 amide bonds. The molecule has 0 heterocycles. The van der Waals surface area contributed by atoms with Crippen LogP contribution in [0.5, 0.6) is 0 Å². The first-order valence-electron chi connectivity index (χ1n) is 5.17. The van der Waals surface area contributed by atoms with E-state index in [1.807, 2.05) is 0 Å². The van der Waals surface area contributed by atoms with Crippen LogP contribution in [0.1, 0.15) is 18.3 Å². The molecule has 6 nitrogen and oxygen atoms in total. The Hall–Kier alpha value is -1.30. The van der Waals surface area contributed by atoms with E-state index in [0.29, 0.717) is 0 Å². The van der Waals surface area contributed by atoms with Gasteiger partial charge in [0, 0.05) is 10.6 Å². The van der Waals surface area contributed by atoms with E-state index in [4.69, 9.17) is 27.8 Å². The van der Waals surface area contributed by atoms with Crippen molar-refractivity contribution in [1.29, 1.82) is 0 Å². The first kappa shape index (κ1) is 5.36. The summed E-state index contributed by atoms with van der Waals surface area (Å²) in [5.41, 5.74) is 15.0. The van der Waals surface area contributed by atoms with Gasteiger partial charge in [-0.3, -0.25) is 9.79 Å². The van der Waals surface area contributed by atoms with E-state index in [9.17, 15) is 4.79 Å². The zero-order valence-corrected chi connectivity index (χ0v) is 6.27. The van der Waals surface area contributed by atoms with Crippen LogP contribution < -0.4 is 17.2 Å². The van der Waals surface area contributed by atoms with E-state index in [1.54, 1.807) is 0 Å². The van der Waals surface area contributed by atoms with Gasteiger partial charge in [-0.2, -0.15) is 0 Å². The van der Waals surface area contributed by atoms with Gasteiger partial charge in [0.1, 0.15) is 6.04 Å². The molecule has 0 saturated carbocycles. The monoisotopic (exact) mass is 178 g/mol. The van der Waals surface area contributed by atoms with Crippen molar-refractivity contribution in [3.63, 3.8) is 0 Å². The van der Waals surface area contributed by atoms with Gasteiger partial charge in [-0.25, -0.2) is 0 Å². The molecule has 0 fully saturated rings. The van der Waals surface area contributed by atoms with Gasteiger partial charge in [0.15, 0.2) is 5.96 Å². The molecule has 70 valence electrons. The standard InChI is InChI=1S/C6H14N4O2/c7-4(5(11)12)2-1-3-10-6(8)9/h4H,1-3,7H2,(H,11,12)(H4,8,9,10)/t4-/m0/s1/i1D2,2D,3D/t2-,3+,4-. The van der Waals surface area contributed by atoms with Crippen molar-refractivity contribution in [2.75, 3.05) is 6.52 Å². The molecule has 0 aromatic heterocycles. The third-order valence-corrected chi connectivity index (χ3v) is 0.849. The number of carboxylic acid groups (broad SMARTS) is 1. The number of carboxylic acids is 1. The van der Waals surface area contributed by atoms with Crippen LogP contribution in [-0.4, -0.2) is 29.6 Å². The molecule has 0 saturated heterocycles. The van der Waals surface area contributed by atoms with Crippen LogP contribution in [0.25, 0.3) is 0 Å². The van der Waals surface area contributed by atoms with Gasteiger partial charge in [-0.1, -0.05) is 0 Å². The second-order valence-corrected chi connectivity index (χ2v) is 1.88. The third-order valence-electron chi connectivity index (χ3n) is 0.849. The number of rotatable bonds is 5. The van der Waals surface area contributed by atoms with E-state index in [0.717, 1.165) is 0 Å². The Morgan fingerprint density at radius 3 is 2.67 bits per heavy atom. The minimum Gasteiger partial charge on any atom is -0.480 e. The van der Waals surface area contributed by atoms with Crippen molar-refractivity contribution < 1.29 is 15.4 Å². The molecule has 0 aliphatic heterocycles. The van der Waals surface area contributed by atoms with Crippen molar-refractivity contribution in [1.82, 2.24) is 0 Å². The largest absolute Gasteiger partial charge is 0.480 e. The number of nitrogens with two attached hydrogens (primary N) is 3. The summed E-state index contributed by atoms with van der Waals surface area (Å²) in [6.07, 6.45) is -4.42. The molecule has 0 rings (SSSR count). The Labute approximate surface area is 76.1 Å². The van der Waals surface area contributed by atoms with Gasteiger partial charge in [0.05, 0.1) is 1.37 Å². The molecule has 0 spiro atoms. The molecule has 0 aromatic rings. The summed E-state index contributed by atoms with van der Waals surface area (Å²) in [5, 5.41) is 8.52. The van der Waals surface area contributed by atoms with Crippen LogP contribution >= 0.6 is 0 Å². The van der Waals surface area contributed by atoms with Crippen LogP contribution in [0.2, 0.25) is 0 Å². The third kappa shape index (κ3) is 5.48. The van der Waals surface area contributed by atoms with Gasteiger partial charge in [-0.15, -0.1) is 0 Å². The van der Waals surface area contributed by atoms with Crippen LogP contribution in [0.3, 0.4) is 0 Å². The van der Waals surface area contributed by atoms with Gasteiger partial charge in [0.2, 0.25) is 0 Å². The highest BCUT2D eigenvalue weighted by Gasteiger charge is 2.09. The van der Waals surface area contributed by atoms with Crippen molar-refractivity contribution in [3.05, 3.63) is 0 Å². The molecule has 0 aliphatic carbocycles. The lowest BCUT2D eigenvalue weighted by Crippen LogP contribution is -2.30. The molecular weight excluding hydrogens is 160 g/mol. The van der Waals surface area contributed by atoms with Crippen LogP contribution in [0.4, 0.5) is 0 Å². The van der Waals surface area contributed by atoms with Crippen molar-refractivity contribution >= 4 is 11.9 Å². The van der Waals surface area contributed by atoms with E-state index in [1.165, 1.54) is 0 Å². The number of nitrogens with zero attached hydrogens (tertiary/aromatic N) is 1. The highest BCUT2D eigenvalue weighted by molar-refractivity contribution is 5.75. The van der Waals surface area contributed by atoms with Crippen molar-refractivity contribution in [2.24, 2.45) is 22.2 Å². The van der Waals surface area contributed by atoms with Gasteiger partial charge in [0.25, 0.3) is 0 Å². The lowest BCUT2D eigenvalue weighted by molar-refractivity contribution is -0.138. The molecule has 0 aromatic carbocycles. The van der Waals surface area contributed by atoms with E-state index < -0.39 is 37.3 Å². The minimum absolute atomic E-state index is 0.514. The van der Waals surface area contributed by atoms with Crippen molar-refractivity contribution in [3.8, 4) is 0 Å². The zero-order chi connectivity index (χ0) is 13.1. The topological polar surface area (TPSA) is 128 Å². The summed E-state index contributed by atoms with van der Waals surface area (Å²) in [7, 11) is 0. The Kier molecular flexibility index (Phi) is 2.40. The summed E-state index contributed by atoms with van der Waals surface area (Å²) in [5.74, 6) is -2.04. The maximum absolute atomic E-state index is 10.5. The number of carbonyl (C=O) groups is 1. The maximum atomic E-state index is 10.5. The molecule has 12 heavy (non-hydrogen) atoms. The maximum Gasteiger partial charge on any atom is 0.320 e. The van der Waals surface area contributed by atoms with E-state index in [-0.39, 0.29) is 0 Å². The lowest BCUT2D eigenvalue weighted by atomic mass is 10.2. The smallest absolute Gasteiger partial charge is 0.320 e. The average Bonchev–Trinajstić information content (AvgIpc) is 2.14. The SMILES string of the molecule is [2H][C@H]([C@H](N)C(=O)O)C([2H])([2H])[C@@H]([2H])N=C(N)N. The average molecular weight is 178 g/mol. The van der Waals surface area contributed by atoms with E-state index in [2.05, 4.69) is 4.99 Å². The lowest BCUT2D eigenvalue weighted by Gasteiger charge is -2.03. The first-order valence-corrected chi connectivity index (χ1v) is 3.02. The fourth-order valence-corrected chi connectivity index (χ4v) is 0.330. The normalized spacial score (nSPS) is 23.4. The van der Waals surface area contributed by atoms with E-state index >= 15 is 0 Å². The molecule has 0 bridgehead atoms. The molecule has 3 atom stereocenters. The minimum atomic E-state index is -2.57. The molecule has 0 unspecified atom stereocenters. The Morgan fingerprint density at radius 2 is 2.25 bits per heavy atom. The number of aliphatic imine (C=N–C) groups is 1. The molecule has 0 aliphatic rings. The van der Waals surface area contributed by atoms with Crippen molar-refractivity contribution in [2.45, 2.75) is 18.8 Å². The summed E-state index contributed by atoms with van der Waals surface area (Å²) in [6, 6.07) is -1.75. The molecular formula is C6H14N4O2. The predicted molar refractivity (Wildman–Crippen MR) is 45.5 cm³/mol. The number of guanidine groups is 1. The molecule has 7 N–H and O–H groups in total. The fraction of sp³-hybridized carbons (Fsp3) is 0.667. The highest BCUT2D eigenvalue weighted by atomic mass is 16.4. The first-order chi connectivity index (χ1) is 7.10. The number of hydrogen-bond donors (Lipinski definition) is 4. The molecule has 6 heteroatoms. The quantitative estimate of drug-likeness (QED) is 0.299. The summed E-state index contributed by atoms with van der Waals surface area (Å²) < 4.78 is 29.4. The second-order valence-electron chi connectivity index (χ2n) is 1.88. The van der Waals surface area contributed by atoms with Gasteiger partial charge >= 0.3 is 5.97 Å². The summed E-state index contributed by atoms with van der Waals surface area (Å²) in [6.45, 7) is -1.80. The number of hydrogen-bond acceptors (Lipinski definition) is 3. The van der Waals surface area contributed by atoms with Crippen LogP contribution in [-0.2, 0) is 4.79 Å². The Bertz CT molecular complexity index is 294. The second kappa shape index (κ2) is 5.36. The van der Waals surface area contributed by atoms with Crippen LogP contribution in [0.15, 0.2) is 4.99 Å². The van der Waals surface area contributed by atoms with Crippen LogP contribution in [0, 0.1) is 0 Å². The predicted octanol–water partition coefficient (Wildman–Crippen LogP) is -1.55. The Morgan fingerprint density at radius 1 is 1.67 bits per heavy atom. The summed E-state index contributed by atoms with van der Waals surface area (Å²) in [4.78, 5) is 13.7. The fourth-order valence-electron chi connectivity index (χ4n) is 0.330. The molecule has 0 radical (unpaired) electrons. The zero-order valence-electron chi connectivity index (χ0n) is 10.3. The van der Waals surface area contributed by atoms with Gasteiger partial charge in [-0.05, 0) is 12.8 Å². The number of aliphatic carboxylic acids is 1.